The first-order valence-electron chi connectivity index (χ1n) is 18.3. The Morgan fingerprint density at radius 3 is 1.55 bits per heavy atom. The van der Waals surface area contributed by atoms with Crippen LogP contribution in [0.4, 0.5) is 17.1 Å². The van der Waals surface area contributed by atoms with Crippen molar-refractivity contribution in [2.75, 3.05) is 4.90 Å². The number of fused-ring (bicyclic) bond motifs is 6. The summed E-state index contributed by atoms with van der Waals surface area (Å²) in [6, 6.07) is 69.1. The van der Waals surface area contributed by atoms with Gasteiger partial charge >= 0.3 is 0 Å². The summed E-state index contributed by atoms with van der Waals surface area (Å²) in [6.07, 6.45) is 0. The Morgan fingerprint density at radius 2 is 0.849 bits per heavy atom. The van der Waals surface area contributed by atoms with Crippen LogP contribution in [0.1, 0.15) is 25.0 Å². The summed E-state index contributed by atoms with van der Waals surface area (Å²) in [5.41, 5.74) is 16.1. The predicted octanol–water partition coefficient (Wildman–Crippen LogP) is 14.8. The van der Waals surface area contributed by atoms with E-state index in [1.165, 1.54) is 75.8 Å². The molecule has 0 bridgehead atoms. The van der Waals surface area contributed by atoms with Crippen LogP contribution in [0, 0.1) is 0 Å². The SMILES string of the molecule is CC1(C)c2ccccc2-c2ccc(N(c3ccc(-c4ccc(-c5ccccc5)cc4)cc3)c3ccc(-c4ccc5sc6ccccc6c5c4)cc3)cc21. The molecule has 252 valence electrons. The van der Waals surface area contributed by atoms with Gasteiger partial charge in [-0.15, -0.1) is 11.3 Å². The van der Waals surface area contributed by atoms with Gasteiger partial charge < -0.3 is 4.90 Å². The third-order valence-electron chi connectivity index (χ3n) is 11.1. The van der Waals surface area contributed by atoms with Crippen LogP contribution in [0.2, 0.25) is 0 Å². The highest BCUT2D eigenvalue weighted by Crippen LogP contribution is 2.50. The quantitative estimate of drug-likeness (QED) is 0.167. The molecule has 9 aromatic rings. The van der Waals surface area contributed by atoms with Gasteiger partial charge in [0.1, 0.15) is 0 Å². The average Bonchev–Trinajstić information content (AvgIpc) is 3.70. The molecule has 0 unspecified atom stereocenters. The Hall–Kier alpha value is -6.22. The van der Waals surface area contributed by atoms with E-state index >= 15 is 0 Å². The van der Waals surface area contributed by atoms with Gasteiger partial charge in [-0.1, -0.05) is 147 Å². The van der Waals surface area contributed by atoms with E-state index in [9.17, 15) is 0 Å². The lowest BCUT2D eigenvalue weighted by Gasteiger charge is -2.28. The van der Waals surface area contributed by atoms with Crippen molar-refractivity contribution in [3.05, 3.63) is 199 Å². The summed E-state index contributed by atoms with van der Waals surface area (Å²) in [5.74, 6) is 0. The Bertz CT molecular complexity index is 2770. The standard InChI is InChI=1S/C51H37NS/c1-51(2)47-14-8-6-12-43(47)44-30-29-42(33-48(44)51)52(40-25-20-37(21-26-40)36-18-16-35(17-19-36)34-10-4-3-5-11-34)41-27-22-38(23-28-41)39-24-31-50-46(32-39)45-13-7-9-15-49(45)53-50/h3-33H,1-2H3. The normalized spacial score (nSPS) is 12.9. The number of thiophene rings is 1. The Morgan fingerprint density at radius 1 is 0.358 bits per heavy atom. The first kappa shape index (κ1) is 31.5. The van der Waals surface area contributed by atoms with E-state index in [0.29, 0.717) is 0 Å². The highest BCUT2D eigenvalue weighted by Gasteiger charge is 2.35. The molecule has 0 saturated heterocycles. The van der Waals surface area contributed by atoms with Crippen LogP contribution >= 0.6 is 11.3 Å². The molecule has 0 radical (unpaired) electrons. The molecule has 10 rings (SSSR count). The van der Waals surface area contributed by atoms with Crippen LogP contribution in [-0.4, -0.2) is 0 Å². The number of benzene rings is 8. The fourth-order valence-corrected chi connectivity index (χ4v) is 9.36. The van der Waals surface area contributed by atoms with Gasteiger partial charge in [-0.05, 0) is 110 Å². The zero-order valence-corrected chi connectivity index (χ0v) is 30.6. The molecule has 0 fully saturated rings. The smallest absolute Gasteiger partial charge is 0.0465 e. The number of anilines is 3. The molecule has 8 aromatic carbocycles. The van der Waals surface area contributed by atoms with Crippen molar-refractivity contribution in [1.29, 1.82) is 0 Å². The van der Waals surface area contributed by atoms with Crippen molar-refractivity contribution in [1.82, 2.24) is 0 Å². The van der Waals surface area contributed by atoms with E-state index in [4.69, 9.17) is 0 Å². The van der Waals surface area contributed by atoms with Crippen LogP contribution in [0.25, 0.3) is 64.7 Å². The Labute approximate surface area is 315 Å². The van der Waals surface area contributed by atoms with E-state index in [1.807, 2.05) is 11.3 Å². The van der Waals surface area contributed by atoms with E-state index in [0.717, 1.165) is 17.1 Å². The van der Waals surface area contributed by atoms with Gasteiger partial charge in [0.15, 0.2) is 0 Å². The molecule has 0 spiro atoms. The summed E-state index contributed by atoms with van der Waals surface area (Å²) in [4.78, 5) is 2.40. The minimum atomic E-state index is -0.0856. The van der Waals surface area contributed by atoms with Crippen LogP contribution in [0.3, 0.4) is 0 Å². The summed E-state index contributed by atoms with van der Waals surface area (Å²) < 4.78 is 2.66. The number of nitrogens with zero attached hydrogens (tertiary/aromatic N) is 1. The Balaban J connectivity index is 1.04. The van der Waals surface area contributed by atoms with Crippen LogP contribution < -0.4 is 4.90 Å². The molecule has 53 heavy (non-hydrogen) atoms. The van der Waals surface area contributed by atoms with Crippen LogP contribution in [-0.2, 0) is 5.41 Å². The zero-order chi connectivity index (χ0) is 35.5. The van der Waals surface area contributed by atoms with Crippen molar-refractivity contribution in [2.24, 2.45) is 0 Å². The maximum atomic E-state index is 2.41. The molecule has 1 aliphatic carbocycles. The highest BCUT2D eigenvalue weighted by atomic mass is 32.1. The van der Waals surface area contributed by atoms with E-state index in [-0.39, 0.29) is 5.41 Å². The lowest BCUT2D eigenvalue weighted by molar-refractivity contribution is 0.660. The Kier molecular flexibility index (Phi) is 7.42. The van der Waals surface area contributed by atoms with Gasteiger partial charge in [0.25, 0.3) is 0 Å². The topological polar surface area (TPSA) is 3.24 Å². The van der Waals surface area contributed by atoms with Gasteiger partial charge in [0.05, 0.1) is 0 Å². The molecule has 0 amide bonds. The number of hydrogen-bond donors (Lipinski definition) is 0. The first-order chi connectivity index (χ1) is 26.0. The molecule has 1 heterocycles. The molecule has 1 aliphatic rings. The molecule has 0 saturated carbocycles. The fourth-order valence-electron chi connectivity index (χ4n) is 8.28. The molecule has 2 heteroatoms. The lowest BCUT2D eigenvalue weighted by Crippen LogP contribution is -2.16. The van der Waals surface area contributed by atoms with E-state index < -0.39 is 0 Å². The van der Waals surface area contributed by atoms with Gasteiger partial charge in [0.2, 0.25) is 0 Å². The average molecular weight is 696 g/mol. The van der Waals surface area contributed by atoms with Crippen molar-refractivity contribution < 1.29 is 0 Å². The number of hydrogen-bond acceptors (Lipinski definition) is 2. The van der Waals surface area contributed by atoms with Crippen molar-refractivity contribution in [2.45, 2.75) is 19.3 Å². The maximum absolute atomic E-state index is 2.41. The first-order valence-corrected chi connectivity index (χ1v) is 19.2. The summed E-state index contributed by atoms with van der Waals surface area (Å²) >= 11 is 1.86. The van der Waals surface area contributed by atoms with Gasteiger partial charge in [-0.3, -0.25) is 0 Å². The van der Waals surface area contributed by atoms with Crippen molar-refractivity contribution >= 4 is 48.6 Å². The molecular formula is C51H37NS. The van der Waals surface area contributed by atoms with Crippen LogP contribution in [0.5, 0.6) is 0 Å². The maximum Gasteiger partial charge on any atom is 0.0465 e. The molecule has 0 aliphatic heterocycles. The summed E-state index contributed by atoms with van der Waals surface area (Å²) in [7, 11) is 0. The molecule has 1 nitrogen and oxygen atoms in total. The minimum Gasteiger partial charge on any atom is -0.310 e. The van der Waals surface area contributed by atoms with Gasteiger partial charge in [0, 0.05) is 42.6 Å². The second-order valence-electron chi connectivity index (χ2n) is 14.6. The van der Waals surface area contributed by atoms with Crippen LogP contribution in [0.15, 0.2) is 188 Å². The fraction of sp³-hybridized carbons (Fsp3) is 0.0588. The molecule has 0 N–H and O–H groups in total. The second-order valence-corrected chi connectivity index (χ2v) is 15.7. The summed E-state index contributed by atoms with van der Waals surface area (Å²) in [5, 5.41) is 2.65. The van der Waals surface area contributed by atoms with Crippen molar-refractivity contribution in [3.63, 3.8) is 0 Å². The van der Waals surface area contributed by atoms with E-state index in [2.05, 4.69) is 207 Å². The third kappa shape index (κ3) is 5.37. The second kappa shape index (κ2) is 12.5. The lowest BCUT2D eigenvalue weighted by atomic mass is 9.82. The predicted molar refractivity (Wildman–Crippen MR) is 228 cm³/mol. The highest BCUT2D eigenvalue weighted by molar-refractivity contribution is 7.25. The molecular weight excluding hydrogens is 659 g/mol. The third-order valence-corrected chi connectivity index (χ3v) is 12.3. The molecule has 0 atom stereocenters. The largest absolute Gasteiger partial charge is 0.310 e. The minimum absolute atomic E-state index is 0.0856. The van der Waals surface area contributed by atoms with Gasteiger partial charge in [-0.2, -0.15) is 0 Å². The number of rotatable bonds is 6. The van der Waals surface area contributed by atoms with Gasteiger partial charge in [-0.25, -0.2) is 0 Å². The molecule has 1 aromatic heterocycles. The summed E-state index contributed by atoms with van der Waals surface area (Å²) in [6.45, 7) is 4.71. The van der Waals surface area contributed by atoms with Crippen molar-refractivity contribution in [3.8, 4) is 44.5 Å². The zero-order valence-electron chi connectivity index (χ0n) is 29.8. The monoisotopic (exact) mass is 695 g/mol. The van der Waals surface area contributed by atoms with E-state index in [1.54, 1.807) is 0 Å².